The number of hydrogen-bond donors (Lipinski definition) is 1. The van der Waals surface area contributed by atoms with Crippen LogP contribution < -0.4 is 5.73 Å². The standard InChI is InChI=1S/C16H28N2/c1-5-15(11-14-9-7-6-8-10-14)18(4)13-16(2,3)12-17/h6-10,15H,5,11-13,17H2,1-4H3. The summed E-state index contributed by atoms with van der Waals surface area (Å²) >= 11 is 0. The Hall–Kier alpha value is -0.860. The first-order chi connectivity index (χ1) is 8.48. The van der Waals surface area contributed by atoms with E-state index in [9.17, 15) is 0 Å². The average molecular weight is 248 g/mol. The van der Waals surface area contributed by atoms with Crippen LogP contribution in [0.15, 0.2) is 30.3 Å². The van der Waals surface area contributed by atoms with Crippen LogP contribution in [-0.4, -0.2) is 31.1 Å². The minimum Gasteiger partial charge on any atom is -0.330 e. The Kier molecular flexibility index (Phi) is 5.83. The molecule has 0 bridgehead atoms. The lowest BCUT2D eigenvalue weighted by Crippen LogP contribution is -2.42. The second kappa shape index (κ2) is 6.91. The summed E-state index contributed by atoms with van der Waals surface area (Å²) < 4.78 is 0. The minimum absolute atomic E-state index is 0.193. The van der Waals surface area contributed by atoms with Gasteiger partial charge in [0.1, 0.15) is 0 Å². The predicted molar refractivity (Wildman–Crippen MR) is 79.7 cm³/mol. The highest BCUT2D eigenvalue weighted by atomic mass is 15.1. The van der Waals surface area contributed by atoms with Gasteiger partial charge in [-0.15, -0.1) is 0 Å². The van der Waals surface area contributed by atoms with Gasteiger partial charge >= 0.3 is 0 Å². The fraction of sp³-hybridized carbons (Fsp3) is 0.625. The largest absolute Gasteiger partial charge is 0.330 e. The summed E-state index contributed by atoms with van der Waals surface area (Å²) in [6.07, 6.45) is 2.29. The molecule has 0 aliphatic heterocycles. The molecule has 2 N–H and O–H groups in total. The molecule has 0 radical (unpaired) electrons. The van der Waals surface area contributed by atoms with Crippen LogP contribution in [0.5, 0.6) is 0 Å². The van der Waals surface area contributed by atoms with Crippen molar-refractivity contribution in [3.8, 4) is 0 Å². The highest BCUT2D eigenvalue weighted by Gasteiger charge is 2.22. The molecule has 0 amide bonds. The van der Waals surface area contributed by atoms with Crippen molar-refractivity contribution in [3.05, 3.63) is 35.9 Å². The summed E-state index contributed by atoms with van der Waals surface area (Å²) in [7, 11) is 2.22. The smallest absolute Gasteiger partial charge is 0.0130 e. The molecular formula is C16H28N2. The van der Waals surface area contributed by atoms with E-state index in [0.717, 1.165) is 19.5 Å². The second-order valence-corrected chi connectivity index (χ2v) is 6.04. The molecular weight excluding hydrogens is 220 g/mol. The van der Waals surface area contributed by atoms with Gasteiger partial charge in [-0.1, -0.05) is 51.1 Å². The van der Waals surface area contributed by atoms with E-state index >= 15 is 0 Å². The minimum atomic E-state index is 0.193. The van der Waals surface area contributed by atoms with Gasteiger partial charge in [0.25, 0.3) is 0 Å². The van der Waals surface area contributed by atoms with Crippen LogP contribution in [0, 0.1) is 5.41 Å². The Morgan fingerprint density at radius 3 is 2.33 bits per heavy atom. The van der Waals surface area contributed by atoms with Gasteiger partial charge in [0.2, 0.25) is 0 Å². The summed E-state index contributed by atoms with van der Waals surface area (Å²) in [5.41, 5.74) is 7.43. The first-order valence-corrected chi connectivity index (χ1v) is 6.92. The molecule has 0 aliphatic carbocycles. The summed E-state index contributed by atoms with van der Waals surface area (Å²) in [6.45, 7) is 8.52. The van der Waals surface area contributed by atoms with E-state index in [-0.39, 0.29) is 5.41 Å². The van der Waals surface area contributed by atoms with E-state index in [1.54, 1.807) is 0 Å². The van der Waals surface area contributed by atoms with Crippen LogP contribution in [0.2, 0.25) is 0 Å². The number of rotatable bonds is 7. The third-order valence-electron chi connectivity index (χ3n) is 3.64. The summed E-state index contributed by atoms with van der Waals surface area (Å²) in [5, 5.41) is 0. The van der Waals surface area contributed by atoms with Crippen molar-refractivity contribution in [1.29, 1.82) is 0 Å². The van der Waals surface area contributed by atoms with Crippen LogP contribution in [0.1, 0.15) is 32.8 Å². The van der Waals surface area contributed by atoms with Crippen molar-refractivity contribution in [3.63, 3.8) is 0 Å². The number of likely N-dealkylation sites (N-methyl/N-ethyl adjacent to an activating group) is 1. The summed E-state index contributed by atoms with van der Waals surface area (Å²) in [4.78, 5) is 2.46. The SMILES string of the molecule is CCC(Cc1ccccc1)N(C)CC(C)(C)CN. The van der Waals surface area contributed by atoms with E-state index in [1.165, 1.54) is 12.0 Å². The molecule has 1 rings (SSSR count). The Bertz CT molecular complexity index is 332. The Morgan fingerprint density at radius 1 is 1.22 bits per heavy atom. The maximum Gasteiger partial charge on any atom is 0.0130 e. The lowest BCUT2D eigenvalue weighted by atomic mass is 9.91. The van der Waals surface area contributed by atoms with Crippen molar-refractivity contribution in [2.45, 2.75) is 39.7 Å². The monoisotopic (exact) mass is 248 g/mol. The second-order valence-electron chi connectivity index (χ2n) is 6.04. The molecule has 1 aromatic carbocycles. The molecule has 0 spiro atoms. The number of nitrogens with zero attached hydrogens (tertiary/aromatic N) is 1. The van der Waals surface area contributed by atoms with E-state index in [1.807, 2.05) is 0 Å². The van der Waals surface area contributed by atoms with E-state index in [2.05, 4.69) is 63.1 Å². The van der Waals surface area contributed by atoms with Gasteiger partial charge in [-0.25, -0.2) is 0 Å². The van der Waals surface area contributed by atoms with Gasteiger partial charge in [0.15, 0.2) is 0 Å². The van der Waals surface area contributed by atoms with E-state index in [0.29, 0.717) is 6.04 Å². The quantitative estimate of drug-likeness (QED) is 0.804. The molecule has 1 unspecified atom stereocenters. The number of hydrogen-bond acceptors (Lipinski definition) is 2. The van der Waals surface area contributed by atoms with Gasteiger partial charge in [-0.05, 0) is 37.4 Å². The van der Waals surface area contributed by atoms with Crippen LogP contribution in [0.25, 0.3) is 0 Å². The van der Waals surface area contributed by atoms with E-state index in [4.69, 9.17) is 5.73 Å². The highest BCUT2D eigenvalue weighted by molar-refractivity contribution is 5.15. The number of benzene rings is 1. The van der Waals surface area contributed by atoms with Crippen molar-refractivity contribution >= 4 is 0 Å². The van der Waals surface area contributed by atoms with Gasteiger partial charge in [0, 0.05) is 12.6 Å². The zero-order valence-electron chi connectivity index (χ0n) is 12.3. The average Bonchev–Trinajstić information content (AvgIpc) is 2.36. The first-order valence-electron chi connectivity index (χ1n) is 6.92. The third kappa shape index (κ3) is 4.79. The van der Waals surface area contributed by atoms with Crippen LogP contribution >= 0.6 is 0 Å². The zero-order valence-corrected chi connectivity index (χ0v) is 12.3. The van der Waals surface area contributed by atoms with Crippen molar-refractivity contribution in [2.75, 3.05) is 20.1 Å². The van der Waals surface area contributed by atoms with E-state index < -0.39 is 0 Å². The Balaban J connectivity index is 2.61. The third-order valence-corrected chi connectivity index (χ3v) is 3.64. The van der Waals surface area contributed by atoms with Gasteiger partial charge in [-0.2, -0.15) is 0 Å². The molecule has 0 saturated heterocycles. The number of nitrogens with two attached hydrogens (primary N) is 1. The van der Waals surface area contributed by atoms with Crippen molar-refractivity contribution in [1.82, 2.24) is 4.90 Å². The molecule has 2 heteroatoms. The fourth-order valence-electron chi connectivity index (χ4n) is 2.37. The van der Waals surface area contributed by atoms with Gasteiger partial charge < -0.3 is 10.6 Å². The van der Waals surface area contributed by atoms with Crippen LogP contribution in [-0.2, 0) is 6.42 Å². The molecule has 0 heterocycles. The maximum atomic E-state index is 5.82. The normalized spacial score (nSPS) is 13.9. The lowest BCUT2D eigenvalue weighted by molar-refractivity contribution is 0.160. The lowest BCUT2D eigenvalue weighted by Gasteiger charge is -2.34. The van der Waals surface area contributed by atoms with Gasteiger partial charge in [0.05, 0.1) is 0 Å². The highest BCUT2D eigenvalue weighted by Crippen LogP contribution is 2.18. The topological polar surface area (TPSA) is 29.3 Å². The molecule has 0 aliphatic rings. The van der Waals surface area contributed by atoms with Gasteiger partial charge in [-0.3, -0.25) is 0 Å². The van der Waals surface area contributed by atoms with Crippen LogP contribution in [0.4, 0.5) is 0 Å². The predicted octanol–water partition coefficient (Wildman–Crippen LogP) is 2.92. The van der Waals surface area contributed by atoms with Crippen molar-refractivity contribution in [2.24, 2.45) is 11.1 Å². The molecule has 0 aromatic heterocycles. The van der Waals surface area contributed by atoms with Crippen LogP contribution in [0.3, 0.4) is 0 Å². The summed E-state index contributed by atoms with van der Waals surface area (Å²) in [6, 6.07) is 11.3. The molecule has 1 aromatic rings. The zero-order chi connectivity index (χ0) is 13.6. The fourth-order valence-corrected chi connectivity index (χ4v) is 2.37. The molecule has 18 heavy (non-hydrogen) atoms. The van der Waals surface area contributed by atoms with Crippen molar-refractivity contribution < 1.29 is 0 Å². The summed E-state index contributed by atoms with van der Waals surface area (Å²) in [5.74, 6) is 0. The molecule has 0 saturated carbocycles. The molecule has 102 valence electrons. The molecule has 2 nitrogen and oxygen atoms in total. The molecule has 1 atom stereocenters. The Labute approximate surface area is 112 Å². The Morgan fingerprint density at radius 2 is 1.83 bits per heavy atom. The first kappa shape index (κ1) is 15.2. The maximum absolute atomic E-state index is 5.82. The molecule has 0 fully saturated rings.